The highest BCUT2D eigenvalue weighted by Crippen LogP contribution is 2.11. The van der Waals surface area contributed by atoms with Gasteiger partial charge in [-0.1, -0.05) is 5.21 Å². The van der Waals surface area contributed by atoms with Gasteiger partial charge in [-0.2, -0.15) is 0 Å². The SMILES string of the molecule is O=CCC[C@H](NC(=O)c1ccc(-n2ccnn2)cc1)C(=O)N1CCS(=O)(=O)CC1. The molecule has 1 aromatic heterocycles. The molecule has 29 heavy (non-hydrogen) atoms. The summed E-state index contributed by atoms with van der Waals surface area (Å²) in [6.45, 7) is 0.169. The molecule has 0 bridgehead atoms. The molecule has 2 aromatic rings. The minimum atomic E-state index is -3.13. The van der Waals surface area contributed by atoms with E-state index in [0.29, 0.717) is 11.8 Å². The number of sulfone groups is 1. The maximum atomic E-state index is 12.8. The van der Waals surface area contributed by atoms with Crippen LogP contribution in [0, 0.1) is 0 Å². The lowest BCUT2D eigenvalue weighted by atomic mass is 10.1. The van der Waals surface area contributed by atoms with Crippen molar-refractivity contribution < 1.29 is 22.8 Å². The molecule has 0 radical (unpaired) electrons. The van der Waals surface area contributed by atoms with E-state index in [4.69, 9.17) is 0 Å². The minimum Gasteiger partial charge on any atom is -0.340 e. The van der Waals surface area contributed by atoms with Crippen molar-refractivity contribution in [1.29, 1.82) is 0 Å². The molecule has 11 heteroatoms. The van der Waals surface area contributed by atoms with Crippen LogP contribution in [0.4, 0.5) is 0 Å². The maximum absolute atomic E-state index is 12.8. The molecule has 0 saturated carbocycles. The van der Waals surface area contributed by atoms with E-state index in [0.717, 1.165) is 5.69 Å². The van der Waals surface area contributed by atoms with Gasteiger partial charge in [0, 0.05) is 25.1 Å². The molecule has 0 aliphatic carbocycles. The van der Waals surface area contributed by atoms with Crippen LogP contribution in [0.2, 0.25) is 0 Å². The molecule has 0 spiro atoms. The standard InChI is InChI=1S/C18H21N5O5S/c24-11-1-2-16(18(26)22-9-12-29(27,28)13-10-22)20-17(25)14-3-5-15(6-4-14)23-8-7-19-21-23/h3-8,11,16H,1-2,9-10,12-13H2,(H,20,25)/t16-/m0/s1. The number of carbonyl (C=O) groups excluding carboxylic acids is 3. The maximum Gasteiger partial charge on any atom is 0.251 e. The van der Waals surface area contributed by atoms with Gasteiger partial charge in [0.25, 0.3) is 5.91 Å². The van der Waals surface area contributed by atoms with Crippen LogP contribution in [-0.4, -0.2) is 77.0 Å². The third kappa shape index (κ3) is 5.25. The molecule has 3 rings (SSSR count). The van der Waals surface area contributed by atoms with E-state index in [2.05, 4.69) is 15.6 Å². The van der Waals surface area contributed by atoms with E-state index >= 15 is 0 Å². The topological polar surface area (TPSA) is 131 Å². The van der Waals surface area contributed by atoms with Crippen LogP contribution in [0.1, 0.15) is 23.2 Å². The van der Waals surface area contributed by atoms with E-state index in [-0.39, 0.29) is 43.3 Å². The zero-order valence-corrected chi connectivity index (χ0v) is 16.4. The normalized spacial score (nSPS) is 16.8. The number of aldehydes is 1. The van der Waals surface area contributed by atoms with E-state index in [9.17, 15) is 22.8 Å². The lowest BCUT2D eigenvalue weighted by Crippen LogP contribution is -2.52. The summed E-state index contributed by atoms with van der Waals surface area (Å²) < 4.78 is 24.7. The van der Waals surface area contributed by atoms with Crippen LogP contribution < -0.4 is 5.32 Å². The summed E-state index contributed by atoms with van der Waals surface area (Å²) in [6.07, 6.45) is 4.14. The Morgan fingerprint density at radius 2 is 1.86 bits per heavy atom. The van der Waals surface area contributed by atoms with E-state index in [1.54, 1.807) is 35.1 Å². The van der Waals surface area contributed by atoms with Gasteiger partial charge >= 0.3 is 0 Å². The molecule has 1 fully saturated rings. The fraction of sp³-hybridized carbons (Fsp3) is 0.389. The fourth-order valence-corrected chi connectivity index (χ4v) is 4.20. The highest BCUT2D eigenvalue weighted by molar-refractivity contribution is 7.91. The molecule has 10 nitrogen and oxygen atoms in total. The summed E-state index contributed by atoms with van der Waals surface area (Å²) in [7, 11) is -3.13. The van der Waals surface area contributed by atoms with Gasteiger partial charge in [0.2, 0.25) is 5.91 Å². The molecular formula is C18H21N5O5S. The number of carbonyl (C=O) groups is 3. The molecule has 0 unspecified atom stereocenters. The Bertz CT molecular complexity index is 959. The third-order valence-corrected chi connectivity index (χ3v) is 6.26. The van der Waals surface area contributed by atoms with Gasteiger partial charge in [-0.05, 0) is 30.7 Å². The van der Waals surface area contributed by atoms with E-state index < -0.39 is 21.8 Å². The quantitative estimate of drug-likeness (QED) is 0.604. The Balaban J connectivity index is 1.68. The predicted molar refractivity (Wildman–Crippen MR) is 103 cm³/mol. The second-order valence-corrected chi connectivity index (χ2v) is 8.95. The average molecular weight is 419 g/mol. The van der Waals surface area contributed by atoms with Crippen LogP contribution in [0.15, 0.2) is 36.7 Å². The first-order valence-electron chi connectivity index (χ1n) is 9.10. The fourth-order valence-electron chi connectivity index (χ4n) is 3.00. The molecule has 1 saturated heterocycles. The lowest BCUT2D eigenvalue weighted by Gasteiger charge is -2.30. The van der Waals surface area contributed by atoms with Gasteiger partial charge in [0.05, 0.1) is 29.6 Å². The van der Waals surface area contributed by atoms with Crippen molar-refractivity contribution in [2.24, 2.45) is 0 Å². The minimum absolute atomic E-state index is 0.0846. The zero-order valence-electron chi connectivity index (χ0n) is 15.6. The number of rotatable bonds is 7. The predicted octanol–water partition coefficient (Wildman–Crippen LogP) is -0.398. The van der Waals surface area contributed by atoms with Crippen LogP contribution in [0.25, 0.3) is 5.69 Å². The highest BCUT2D eigenvalue weighted by Gasteiger charge is 2.30. The molecule has 1 aliphatic rings. The number of nitrogens with one attached hydrogen (secondary N) is 1. The molecule has 1 atom stereocenters. The highest BCUT2D eigenvalue weighted by atomic mass is 32.2. The van der Waals surface area contributed by atoms with E-state index in [1.165, 1.54) is 11.1 Å². The Morgan fingerprint density at radius 3 is 2.45 bits per heavy atom. The summed E-state index contributed by atoms with van der Waals surface area (Å²) in [6, 6.07) is 5.69. The summed E-state index contributed by atoms with van der Waals surface area (Å²) >= 11 is 0. The summed E-state index contributed by atoms with van der Waals surface area (Å²) in [4.78, 5) is 37.6. The summed E-state index contributed by atoms with van der Waals surface area (Å²) in [5.74, 6) is -1.04. The van der Waals surface area contributed by atoms with Crippen molar-refractivity contribution in [2.75, 3.05) is 24.6 Å². The number of amides is 2. The van der Waals surface area contributed by atoms with Crippen molar-refractivity contribution >= 4 is 27.9 Å². The van der Waals surface area contributed by atoms with Gasteiger partial charge in [0.15, 0.2) is 9.84 Å². The molecule has 2 heterocycles. The van der Waals surface area contributed by atoms with Gasteiger partial charge < -0.3 is 15.0 Å². The van der Waals surface area contributed by atoms with Crippen molar-refractivity contribution in [1.82, 2.24) is 25.2 Å². The van der Waals surface area contributed by atoms with Crippen LogP contribution in [-0.2, 0) is 19.4 Å². The molecule has 1 N–H and O–H groups in total. The van der Waals surface area contributed by atoms with Crippen molar-refractivity contribution in [3.05, 3.63) is 42.2 Å². The van der Waals surface area contributed by atoms with Crippen molar-refractivity contribution in [3.63, 3.8) is 0 Å². The molecular weight excluding hydrogens is 398 g/mol. The van der Waals surface area contributed by atoms with Crippen LogP contribution in [0.3, 0.4) is 0 Å². The first kappa shape index (κ1) is 20.6. The Hall–Kier alpha value is -3.08. The Kier molecular flexibility index (Phi) is 6.37. The first-order valence-corrected chi connectivity index (χ1v) is 10.9. The molecule has 154 valence electrons. The van der Waals surface area contributed by atoms with Gasteiger partial charge in [-0.15, -0.1) is 5.10 Å². The Morgan fingerprint density at radius 1 is 1.17 bits per heavy atom. The zero-order chi connectivity index (χ0) is 20.9. The number of hydrogen-bond donors (Lipinski definition) is 1. The van der Waals surface area contributed by atoms with Crippen molar-refractivity contribution in [3.8, 4) is 5.69 Å². The molecule has 1 aliphatic heterocycles. The lowest BCUT2D eigenvalue weighted by molar-refractivity contribution is -0.133. The van der Waals surface area contributed by atoms with Gasteiger partial charge in [-0.3, -0.25) is 9.59 Å². The number of benzene rings is 1. The van der Waals surface area contributed by atoms with Gasteiger partial charge in [-0.25, -0.2) is 13.1 Å². The number of aromatic nitrogens is 3. The number of hydrogen-bond acceptors (Lipinski definition) is 7. The average Bonchev–Trinajstić information content (AvgIpc) is 3.25. The van der Waals surface area contributed by atoms with Crippen molar-refractivity contribution in [2.45, 2.75) is 18.9 Å². The summed E-state index contributed by atoms with van der Waals surface area (Å²) in [5.41, 5.74) is 1.07. The third-order valence-electron chi connectivity index (χ3n) is 4.65. The van der Waals surface area contributed by atoms with Crippen LogP contribution >= 0.6 is 0 Å². The smallest absolute Gasteiger partial charge is 0.251 e. The second-order valence-electron chi connectivity index (χ2n) is 6.64. The number of nitrogens with zero attached hydrogens (tertiary/aromatic N) is 4. The largest absolute Gasteiger partial charge is 0.340 e. The molecule has 2 amide bonds. The van der Waals surface area contributed by atoms with Gasteiger partial charge in [0.1, 0.15) is 12.3 Å². The Labute approximate surface area is 167 Å². The van der Waals surface area contributed by atoms with Crippen LogP contribution in [0.5, 0.6) is 0 Å². The molecule has 1 aromatic carbocycles. The first-order chi connectivity index (χ1) is 13.9. The second kappa shape index (κ2) is 8.95. The summed E-state index contributed by atoms with van der Waals surface area (Å²) in [5, 5.41) is 10.3. The monoisotopic (exact) mass is 419 g/mol. The van der Waals surface area contributed by atoms with E-state index in [1.807, 2.05) is 0 Å².